The summed E-state index contributed by atoms with van der Waals surface area (Å²) < 4.78 is 5.35. The van der Waals surface area contributed by atoms with Crippen LogP contribution in [0.2, 0.25) is 0 Å². The number of anilines is 1. The maximum atomic E-state index is 14.2. The van der Waals surface area contributed by atoms with E-state index in [0.717, 1.165) is 23.1 Å². The van der Waals surface area contributed by atoms with Crippen molar-refractivity contribution in [3.05, 3.63) is 64.7 Å². The molecule has 0 bridgehead atoms. The van der Waals surface area contributed by atoms with Gasteiger partial charge in [-0.1, -0.05) is 50.2 Å². The lowest BCUT2D eigenvalue weighted by Crippen LogP contribution is -2.56. The van der Waals surface area contributed by atoms with Crippen molar-refractivity contribution in [2.24, 2.45) is 5.92 Å². The Labute approximate surface area is 239 Å². The minimum atomic E-state index is -1.30. The van der Waals surface area contributed by atoms with Crippen LogP contribution < -0.4 is 10.6 Å². The second-order valence-electron chi connectivity index (χ2n) is 12.0. The number of alkyl carbamates (subject to hydrolysis) is 1. The molecule has 3 unspecified atom stereocenters. The Hall–Kier alpha value is -3.39. The fraction of sp³-hybridized carbons (Fsp3) is 0.531. The highest BCUT2D eigenvalue weighted by atomic mass is 16.6. The van der Waals surface area contributed by atoms with E-state index in [4.69, 9.17) is 4.74 Å². The molecule has 3 atom stereocenters. The first-order chi connectivity index (χ1) is 18.7. The molecule has 0 spiro atoms. The van der Waals surface area contributed by atoms with Crippen LogP contribution in [0.25, 0.3) is 0 Å². The molecule has 0 heterocycles. The van der Waals surface area contributed by atoms with Gasteiger partial charge in [0.25, 0.3) is 5.91 Å². The van der Waals surface area contributed by atoms with Crippen molar-refractivity contribution < 1.29 is 24.2 Å². The molecule has 40 heavy (non-hydrogen) atoms. The molecule has 0 radical (unpaired) electrons. The molecule has 0 aromatic heterocycles. The van der Waals surface area contributed by atoms with E-state index in [0.29, 0.717) is 23.6 Å². The molecule has 3 N–H and O–H groups in total. The van der Waals surface area contributed by atoms with Gasteiger partial charge < -0.3 is 25.4 Å². The summed E-state index contributed by atoms with van der Waals surface area (Å²) >= 11 is 0. The van der Waals surface area contributed by atoms with Gasteiger partial charge in [-0.15, -0.1) is 0 Å². The zero-order valence-corrected chi connectivity index (χ0v) is 25.5. The molecule has 0 aliphatic carbocycles. The summed E-state index contributed by atoms with van der Waals surface area (Å²) in [7, 11) is 0. The van der Waals surface area contributed by atoms with Crippen LogP contribution >= 0.6 is 0 Å². The molecule has 3 amide bonds. The molecule has 2 rings (SSSR count). The summed E-state index contributed by atoms with van der Waals surface area (Å²) in [6.45, 7) is 16.4. The molecule has 2 aromatic rings. The Balaban J connectivity index is 2.65. The number of hydrogen-bond acceptors (Lipinski definition) is 5. The molecular formula is C32H47N3O5. The third-order valence-electron chi connectivity index (χ3n) is 6.81. The van der Waals surface area contributed by atoms with Crippen molar-refractivity contribution in [2.75, 3.05) is 11.9 Å². The zero-order chi connectivity index (χ0) is 30.2. The van der Waals surface area contributed by atoms with E-state index in [1.807, 2.05) is 70.2 Å². The van der Waals surface area contributed by atoms with E-state index in [1.54, 1.807) is 20.8 Å². The van der Waals surface area contributed by atoms with Gasteiger partial charge in [-0.2, -0.15) is 0 Å². The van der Waals surface area contributed by atoms with Gasteiger partial charge in [0.15, 0.2) is 0 Å². The number of para-hydroxylation sites is 1. The lowest BCUT2D eigenvalue weighted by Gasteiger charge is -2.39. The van der Waals surface area contributed by atoms with Gasteiger partial charge >= 0.3 is 6.09 Å². The molecular weight excluding hydrogens is 506 g/mol. The van der Waals surface area contributed by atoms with Crippen LogP contribution in [0.5, 0.6) is 0 Å². The van der Waals surface area contributed by atoms with Crippen molar-refractivity contribution >= 4 is 23.6 Å². The number of aryl methyl sites for hydroxylation is 3. The normalized spacial score (nSPS) is 13.8. The number of rotatable bonds is 11. The first-order valence-electron chi connectivity index (χ1n) is 14.0. The number of nitrogens with one attached hydrogen (secondary N) is 2. The maximum absolute atomic E-state index is 14.2. The Morgan fingerprint density at radius 1 is 0.900 bits per heavy atom. The van der Waals surface area contributed by atoms with Crippen LogP contribution in [-0.2, 0) is 14.3 Å². The van der Waals surface area contributed by atoms with E-state index < -0.39 is 36.3 Å². The monoisotopic (exact) mass is 553 g/mol. The molecule has 8 nitrogen and oxygen atoms in total. The average molecular weight is 554 g/mol. The lowest BCUT2D eigenvalue weighted by molar-refractivity contribution is -0.144. The summed E-state index contributed by atoms with van der Waals surface area (Å²) in [6, 6.07) is 10.5. The number of aliphatic hydroxyl groups is 1. The second kappa shape index (κ2) is 14.3. The Morgan fingerprint density at radius 3 is 2.00 bits per heavy atom. The smallest absolute Gasteiger partial charge is 0.408 e. The molecule has 220 valence electrons. The summed E-state index contributed by atoms with van der Waals surface area (Å²) in [5, 5.41) is 15.8. The van der Waals surface area contributed by atoms with Crippen LogP contribution in [0.4, 0.5) is 10.5 Å². The predicted octanol–water partition coefficient (Wildman–Crippen LogP) is 5.83. The van der Waals surface area contributed by atoms with Gasteiger partial charge in [-0.3, -0.25) is 9.59 Å². The summed E-state index contributed by atoms with van der Waals surface area (Å²) in [5.74, 6) is -0.546. The summed E-state index contributed by atoms with van der Waals surface area (Å²) in [6.07, 6.45) is 0.642. The molecule has 0 aliphatic heterocycles. The van der Waals surface area contributed by atoms with Crippen LogP contribution in [0.1, 0.15) is 82.7 Å². The van der Waals surface area contributed by atoms with Crippen LogP contribution in [0.3, 0.4) is 0 Å². The fourth-order valence-corrected chi connectivity index (χ4v) is 4.70. The topological polar surface area (TPSA) is 108 Å². The van der Waals surface area contributed by atoms with E-state index >= 15 is 0 Å². The van der Waals surface area contributed by atoms with E-state index in [-0.39, 0.29) is 11.9 Å². The number of carbonyl (C=O) groups is 3. The standard InChI is InChI=1S/C32H47N3O5/c1-20(2)17-18-24(6)35(30(38)26(19-36)34-31(39)40-32(7,8)9)28(27-22(4)14-12-15-23(27)5)29(37)33-25-16-11-10-13-21(25)3/h10-16,20,24,26,28,36H,17-19H2,1-9H3,(H,33,37)(H,34,39). The predicted molar refractivity (Wildman–Crippen MR) is 159 cm³/mol. The lowest BCUT2D eigenvalue weighted by atomic mass is 9.91. The van der Waals surface area contributed by atoms with Crippen molar-refractivity contribution in [3.8, 4) is 0 Å². The molecule has 0 saturated heterocycles. The van der Waals surface area contributed by atoms with Crippen molar-refractivity contribution in [1.29, 1.82) is 0 Å². The SMILES string of the molecule is Cc1ccccc1NC(=O)C(c1c(C)cccc1C)N(C(=O)C(CO)NC(=O)OC(C)(C)C)C(C)CCC(C)C. The first-order valence-corrected chi connectivity index (χ1v) is 14.0. The van der Waals surface area contributed by atoms with Gasteiger partial charge in [-0.05, 0) is 95.5 Å². The maximum Gasteiger partial charge on any atom is 0.408 e. The number of benzene rings is 2. The Bertz CT molecular complexity index is 1150. The van der Waals surface area contributed by atoms with Gasteiger partial charge in [0, 0.05) is 11.7 Å². The van der Waals surface area contributed by atoms with Crippen molar-refractivity contribution in [3.63, 3.8) is 0 Å². The first kappa shape index (κ1) is 32.8. The number of aliphatic hydroxyl groups excluding tert-OH is 1. The minimum Gasteiger partial charge on any atom is -0.444 e. The van der Waals surface area contributed by atoms with Gasteiger partial charge in [0.1, 0.15) is 17.7 Å². The number of carbonyl (C=O) groups excluding carboxylic acids is 3. The molecule has 8 heteroatoms. The highest BCUT2D eigenvalue weighted by Crippen LogP contribution is 2.33. The van der Waals surface area contributed by atoms with Gasteiger partial charge in [-0.25, -0.2) is 4.79 Å². The Morgan fingerprint density at radius 2 is 1.48 bits per heavy atom. The third-order valence-corrected chi connectivity index (χ3v) is 6.81. The van der Waals surface area contributed by atoms with E-state index in [1.165, 1.54) is 4.90 Å². The van der Waals surface area contributed by atoms with E-state index in [2.05, 4.69) is 24.5 Å². The van der Waals surface area contributed by atoms with Gasteiger partial charge in [0.05, 0.1) is 6.61 Å². The summed E-state index contributed by atoms with van der Waals surface area (Å²) in [5.41, 5.74) is 3.19. The largest absolute Gasteiger partial charge is 0.444 e. The van der Waals surface area contributed by atoms with E-state index in [9.17, 15) is 19.5 Å². The average Bonchev–Trinajstić information content (AvgIpc) is 2.85. The summed E-state index contributed by atoms with van der Waals surface area (Å²) in [4.78, 5) is 42.6. The third kappa shape index (κ3) is 9.08. The molecule has 0 fully saturated rings. The highest BCUT2D eigenvalue weighted by Gasteiger charge is 2.40. The second-order valence-corrected chi connectivity index (χ2v) is 12.0. The fourth-order valence-electron chi connectivity index (χ4n) is 4.70. The number of hydrogen-bond donors (Lipinski definition) is 3. The molecule has 0 saturated carbocycles. The number of ether oxygens (including phenoxy) is 1. The molecule has 0 aliphatic rings. The van der Waals surface area contributed by atoms with Gasteiger partial charge in [0.2, 0.25) is 5.91 Å². The van der Waals surface area contributed by atoms with Crippen molar-refractivity contribution in [1.82, 2.24) is 10.2 Å². The Kier molecular flexibility index (Phi) is 11.7. The van der Waals surface area contributed by atoms with Crippen LogP contribution in [0, 0.1) is 26.7 Å². The minimum absolute atomic E-state index is 0.370. The number of amides is 3. The van der Waals surface area contributed by atoms with Crippen molar-refractivity contribution in [2.45, 2.75) is 98.9 Å². The quantitative estimate of drug-likeness (QED) is 0.324. The van der Waals surface area contributed by atoms with Crippen LogP contribution in [0.15, 0.2) is 42.5 Å². The highest BCUT2D eigenvalue weighted by molar-refractivity contribution is 6.00. The van der Waals surface area contributed by atoms with Crippen LogP contribution in [-0.4, -0.2) is 52.2 Å². The number of nitrogens with zero attached hydrogens (tertiary/aromatic N) is 1. The zero-order valence-electron chi connectivity index (χ0n) is 25.5. The molecule has 2 aromatic carbocycles.